The van der Waals surface area contributed by atoms with Crippen LogP contribution in [0.3, 0.4) is 0 Å². The molecular weight excluding hydrogens is 420 g/mol. The number of benzene rings is 2. The molecule has 2 aromatic carbocycles. The van der Waals surface area contributed by atoms with Gasteiger partial charge in [0.25, 0.3) is 0 Å². The number of carboxylic acids is 1. The molecule has 2 amide bonds. The molecule has 7 heteroatoms. The summed E-state index contributed by atoms with van der Waals surface area (Å²) in [7, 11) is 0. The molecule has 0 aromatic heterocycles. The lowest BCUT2D eigenvalue weighted by atomic mass is 9.92. The lowest BCUT2D eigenvalue weighted by Gasteiger charge is -2.30. The van der Waals surface area contributed by atoms with Crippen LogP contribution in [0.2, 0.25) is 0 Å². The number of nitrogens with one attached hydrogen (secondary N) is 2. The normalized spacial score (nSPS) is 13.5. The molecule has 0 fully saturated rings. The Bertz CT molecular complexity index is 970. The van der Waals surface area contributed by atoms with Crippen LogP contribution in [0.15, 0.2) is 48.5 Å². The minimum atomic E-state index is -1.36. The van der Waals surface area contributed by atoms with Gasteiger partial charge in [-0.3, -0.25) is 4.79 Å². The second-order valence-electron chi connectivity index (χ2n) is 8.39. The fourth-order valence-electron chi connectivity index (χ4n) is 4.45. The number of carbonyl (C=O) groups excluding carboxylic acids is 2. The van der Waals surface area contributed by atoms with E-state index in [0.717, 1.165) is 22.3 Å². The Hall–Kier alpha value is -3.35. The van der Waals surface area contributed by atoms with E-state index in [0.29, 0.717) is 12.8 Å². The summed E-state index contributed by atoms with van der Waals surface area (Å²) in [6, 6.07) is 15.2. The average Bonchev–Trinajstić information content (AvgIpc) is 3.14. The first-order chi connectivity index (χ1) is 15.9. The highest BCUT2D eigenvalue weighted by molar-refractivity contribution is 5.91. The van der Waals surface area contributed by atoms with E-state index < -0.39 is 29.6 Å². The first-order valence-corrected chi connectivity index (χ1v) is 11.5. The number of ether oxygens (including phenoxy) is 1. The van der Waals surface area contributed by atoms with Crippen molar-refractivity contribution in [3.05, 3.63) is 59.7 Å². The summed E-state index contributed by atoms with van der Waals surface area (Å²) in [4.78, 5) is 37.2. The number of carboxylic acid groups (broad SMARTS) is 1. The molecule has 0 unspecified atom stereocenters. The predicted molar refractivity (Wildman–Crippen MR) is 126 cm³/mol. The molecule has 0 heterocycles. The van der Waals surface area contributed by atoms with Crippen molar-refractivity contribution in [2.75, 3.05) is 6.61 Å². The minimum absolute atomic E-state index is 0.0820. The third kappa shape index (κ3) is 5.02. The first-order valence-electron chi connectivity index (χ1n) is 11.5. The van der Waals surface area contributed by atoms with Crippen molar-refractivity contribution in [2.24, 2.45) is 0 Å². The summed E-state index contributed by atoms with van der Waals surface area (Å²) in [5, 5.41) is 14.9. The van der Waals surface area contributed by atoms with E-state index in [1.54, 1.807) is 13.8 Å². The summed E-state index contributed by atoms with van der Waals surface area (Å²) in [6.07, 6.45) is 0.807. The number of amides is 2. The van der Waals surface area contributed by atoms with E-state index in [2.05, 4.69) is 22.8 Å². The van der Waals surface area contributed by atoms with Crippen molar-refractivity contribution in [3.63, 3.8) is 0 Å². The topological polar surface area (TPSA) is 105 Å². The van der Waals surface area contributed by atoms with Gasteiger partial charge in [-0.1, -0.05) is 75.7 Å². The molecule has 1 aliphatic carbocycles. The van der Waals surface area contributed by atoms with Crippen LogP contribution < -0.4 is 10.6 Å². The maximum atomic E-state index is 12.8. The number of fused-ring (bicyclic) bond motifs is 3. The molecule has 176 valence electrons. The van der Waals surface area contributed by atoms with Crippen LogP contribution in [-0.2, 0) is 14.3 Å². The third-order valence-electron chi connectivity index (χ3n) is 6.51. The zero-order valence-electron chi connectivity index (χ0n) is 19.4. The standard InChI is InChI=1S/C26H32N2O5/c1-4-11-22(23(29)28-26(5-2,6-3)24(30)31)27-25(32)33-16-21-19-14-9-7-12-17(19)18-13-8-10-15-20(18)21/h7-10,12-15,21-22H,4-6,11,16H2,1-3H3,(H,27,32)(H,28,29)(H,30,31)/t22-/m1/s1. The first kappa shape index (κ1) is 24.3. The van der Waals surface area contributed by atoms with Crippen molar-refractivity contribution in [1.29, 1.82) is 0 Å². The second kappa shape index (κ2) is 10.5. The average molecular weight is 453 g/mol. The summed E-state index contributed by atoms with van der Waals surface area (Å²) in [6.45, 7) is 5.46. The summed E-state index contributed by atoms with van der Waals surface area (Å²) in [5.41, 5.74) is 3.12. The van der Waals surface area contributed by atoms with Gasteiger partial charge in [0, 0.05) is 5.92 Å². The monoisotopic (exact) mass is 452 g/mol. The molecule has 3 rings (SSSR count). The number of aliphatic carboxylic acids is 1. The maximum Gasteiger partial charge on any atom is 0.407 e. The minimum Gasteiger partial charge on any atom is -0.480 e. The van der Waals surface area contributed by atoms with Crippen molar-refractivity contribution < 1.29 is 24.2 Å². The number of hydrogen-bond donors (Lipinski definition) is 3. The van der Waals surface area contributed by atoms with Gasteiger partial charge in [-0.2, -0.15) is 0 Å². The van der Waals surface area contributed by atoms with E-state index in [9.17, 15) is 19.5 Å². The highest BCUT2D eigenvalue weighted by Gasteiger charge is 2.38. The lowest BCUT2D eigenvalue weighted by molar-refractivity contribution is -0.148. The molecule has 2 aromatic rings. The number of rotatable bonds is 10. The van der Waals surface area contributed by atoms with Crippen molar-refractivity contribution in [1.82, 2.24) is 10.6 Å². The van der Waals surface area contributed by atoms with E-state index in [4.69, 9.17) is 4.74 Å². The van der Waals surface area contributed by atoms with Crippen molar-refractivity contribution >= 4 is 18.0 Å². The van der Waals surface area contributed by atoms with Gasteiger partial charge in [-0.25, -0.2) is 9.59 Å². The van der Waals surface area contributed by atoms with E-state index >= 15 is 0 Å². The number of hydrogen-bond acceptors (Lipinski definition) is 4. The molecule has 0 saturated carbocycles. The molecule has 0 bridgehead atoms. The van der Waals surface area contributed by atoms with Crippen LogP contribution >= 0.6 is 0 Å². The lowest BCUT2D eigenvalue weighted by Crippen LogP contribution is -2.58. The maximum absolute atomic E-state index is 12.8. The van der Waals surface area contributed by atoms with Gasteiger partial charge in [0.05, 0.1) is 0 Å². The molecule has 0 saturated heterocycles. The quantitative estimate of drug-likeness (QED) is 0.494. The summed E-state index contributed by atoms with van der Waals surface area (Å²) < 4.78 is 5.55. The highest BCUT2D eigenvalue weighted by atomic mass is 16.5. The smallest absolute Gasteiger partial charge is 0.407 e. The number of alkyl carbamates (subject to hydrolysis) is 1. The molecule has 3 N–H and O–H groups in total. The molecule has 0 spiro atoms. The Morgan fingerprint density at radius 1 is 0.970 bits per heavy atom. The van der Waals surface area contributed by atoms with Crippen LogP contribution in [0.1, 0.15) is 63.5 Å². The van der Waals surface area contributed by atoms with Crippen LogP contribution in [-0.4, -0.2) is 41.3 Å². The Balaban J connectivity index is 1.67. The van der Waals surface area contributed by atoms with Crippen LogP contribution in [0.4, 0.5) is 4.79 Å². The van der Waals surface area contributed by atoms with Crippen LogP contribution in [0.25, 0.3) is 11.1 Å². The Morgan fingerprint density at radius 2 is 1.52 bits per heavy atom. The van der Waals surface area contributed by atoms with Crippen LogP contribution in [0.5, 0.6) is 0 Å². The summed E-state index contributed by atoms with van der Waals surface area (Å²) >= 11 is 0. The predicted octanol–water partition coefficient (Wildman–Crippen LogP) is 4.45. The van der Waals surface area contributed by atoms with Crippen molar-refractivity contribution in [3.8, 4) is 11.1 Å². The number of carbonyl (C=O) groups is 3. The van der Waals surface area contributed by atoms with Gasteiger partial charge in [-0.15, -0.1) is 0 Å². The SMILES string of the molecule is CCC[C@@H](NC(=O)OCC1c2ccccc2-c2ccccc21)C(=O)NC(CC)(CC)C(=O)O. The zero-order valence-corrected chi connectivity index (χ0v) is 19.4. The molecule has 1 atom stereocenters. The van der Waals surface area contributed by atoms with E-state index in [-0.39, 0.29) is 25.4 Å². The Kier molecular flexibility index (Phi) is 7.74. The largest absolute Gasteiger partial charge is 0.480 e. The fraction of sp³-hybridized carbons (Fsp3) is 0.423. The molecule has 0 aliphatic heterocycles. The molecule has 1 aliphatic rings. The zero-order chi connectivity index (χ0) is 24.0. The Labute approximate surface area is 194 Å². The molecular formula is C26H32N2O5. The van der Waals surface area contributed by atoms with Gasteiger partial charge in [0.15, 0.2) is 0 Å². The van der Waals surface area contributed by atoms with Gasteiger partial charge >= 0.3 is 12.1 Å². The molecule has 7 nitrogen and oxygen atoms in total. The highest BCUT2D eigenvalue weighted by Crippen LogP contribution is 2.44. The van der Waals surface area contributed by atoms with Gasteiger partial charge in [-0.05, 0) is 41.5 Å². The van der Waals surface area contributed by atoms with Gasteiger partial charge in [0.1, 0.15) is 18.2 Å². The second-order valence-corrected chi connectivity index (χ2v) is 8.39. The fourth-order valence-corrected chi connectivity index (χ4v) is 4.45. The third-order valence-corrected chi connectivity index (χ3v) is 6.51. The molecule has 0 radical (unpaired) electrons. The van der Waals surface area contributed by atoms with E-state index in [1.165, 1.54) is 0 Å². The molecule has 33 heavy (non-hydrogen) atoms. The van der Waals surface area contributed by atoms with Crippen LogP contribution in [0, 0.1) is 0 Å². The summed E-state index contributed by atoms with van der Waals surface area (Å²) in [5.74, 6) is -1.69. The van der Waals surface area contributed by atoms with Gasteiger partial charge < -0.3 is 20.5 Å². The van der Waals surface area contributed by atoms with E-state index in [1.807, 2.05) is 43.3 Å². The van der Waals surface area contributed by atoms with Crippen molar-refractivity contribution in [2.45, 2.75) is 64.0 Å². The Morgan fingerprint density at radius 3 is 2.00 bits per heavy atom. The van der Waals surface area contributed by atoms with Gasteiger partial charge in [0.2, 0.25) is 5.91 Å².